The number of nitro groups is 1. The summed E-state index contributed by atoms with van der Waals surface area (Å²) < 4.78 is 2.05. The first-order chi connectivity index (χ1) is 13.0. The van der Waals surface area contributed by atoms with Crippen molar-refractivity contribution in [1.29, 1.82) is 0 Å². The molecule has 2 heterocycles. The van der Waals surface area contributed by atoms with Crippen molar-refractivity contribution in [1.82, 2.24) is 15.2 Å². The third-order valence-electron chi connectivity index (χ3n) is 4.34. The van der Waals surface area contributed by atoms with Gasteiger partial charge in [0.1, 0.15) is 5.70 Å². The minimum Gasteiger partial charge on any atom is -0.342 e. The number of fused-ring (bicyclic) bond motifs is 1. The van der Waals surface area contributed by atoms with E-state index in [1.54, 1.807) is 18.2 Å². The standard InChI is InChI=1S/C19H14N4O3S/c24-18-16(20-19(27)21-18)9-13-11-22(17-4-2-1-3-15(13)17)10-12-5-7-14(8-6-12)23(25)26/h1-9,11H,10H2,(H2,20,21,24,27)/b16-9+. The lowest BCUT2D eigenvalue weighted by molar-refractivity contribution is -0.384. The Hall–Kier alpha value is -3.52. The molecule has 27 heavy (non-hydrogen) atoms. The number of nitro benzene ring substituents is 1. The average Bonchev–Trinajstić information content (AvgIpc) is 3.15. The van der Waals surface area contributed by atoms with Gasteiger partial charge in [0.15, 0.2) is 5.11 Å². The maximum absolute atomic E-state index is 11.9. The van der Waals surface area contributed by atoms with Gasteiger partial charge in [-0.2, -0.15) is 0 Å². The van der Waals surface area contributed by atoms with Gasteiger partial charge in [0.05, 0.1) is 4.92 Å². The first kappa shape index (κ1) is 16.9. The van der Waals surface area contributed by atoms with Gasteiger partial charge in [0.25, 0.3) is 11.6 Å². The lowest BCUT2D eigenvalue weighted by atomic mass is 10.1. The summed E-state index contributed by atoms with van der Waals surface area (Å²) in [6.07, 6.45) is 3.72. The van der Waals surface area contributed by atoms with Crippen molar-refractivity contribution in [3.63, 3.8) is 0 Å². The Labute approximate surface area is 159 Å². The molecule has 1 aliphatic rings. The van der Waals surface area contributed by atoms with Gasteiger partial charge in [0.2, 0.25) is 0 Å². The van der Waals surface area contributed by atoms with Gasteiger partial charge in [-0.25, -0.2) is 0 Å². The second-order valence-corrected chi connectivity index (χ2v) is 6.53. The summed E-state index contributed by atoms with van der Waals surface area (Å²) in [6.45, 7) is 0.555. The number of benzene rings is 2. The van der Waals surface area contributed by atoms with E-state index < -0.39 is 4.92 Å². The number of thiocarbonyl (C=S) groups is 1. The average molecular weight is 378 g/mol. The molecule has 7 nitrogen and oxygen atoms in total. The minimum absolute atomic E-state index is 0.0656. The molecule has 4 rings (SSSR count). The van der Waals surface area contributed by atoms with Crippen LogP contribution in [0.4, 0.5) is 5.69 Å². The van der Waals surface area contributed by atoms with Crippen molar-refractivity contribution in [3.8, 4) is 0 Å². The number of para-hydroxylation sites is 1. The van der Waals surface area contributed by atoms with Crippen LogP contribution < -0.4 is 10.6 Å². The number of hydrogen-bond acceptors (Lipinski definition) is 4. The molecular weight excluding hydrogens is 364 g/mol. The van der Waals surface area contributed by atoms with Crippen LogP contribution in [0.5, 0.6) is 0 Å². The molecule has 0 aliphatic carbocycles. The summed E-state index contributed by atoms with van der Waals surface area (Å²) in [4.78, 5) is 22.3. The first-order valence-corrected chi connectivity index (χ1v) is 8.57. The van der Waals surface area contributed by atoms with E-state index >= 15 is 0 Å². The molecule has 1 amide bonds. The molecule has 1 aliphatic heterocycles. The Morgan fingerprint density at radius 2 is 1.85 bits per heavy atom. The topological polar surface area (TPSA) is 89.2 Å². The quantitative estimate of drug-likeness (QED) is 0.315. The number of nitrogens with one attached hydrogen (secondary N) is 2. The Balaban J connectivity index is 1.72. The fourth-order valence-electron chi connectivity index (χ4n) is 3.08. The van der Waals surface area contributed by atoms with Gasteiger partial charge < -0.3 is 9.88 Å². The van der Waals surface area contributed by atoms with Crippen LogP contribution in [0.3, 0.4) is 0 Å². The third-order valence-corrected chi connectivity index (χ3v) is 4.54. The maximum atomic E-state index is 11.9. The normalized spacial score (nSPS) is 15.2. The van der Waals surface area contributed by atoms with Crippen molar-refractivity contribution in [2.24, 2.45) is 0 Å². The fourth-order valence-corrected chi connectivity index (χ4v) is 3.28. The minimum atomic E-state index is -0.413. The molecule has 8 heteroatoms. The SMILES string of the molecule is O=C1NC(=S)N/C1=C/c1cn(Cc2ccc([N+](=O)[O-])cc2)c2ccccc12. The van der Waals surface area contributed by atoms with E-state index in [1.165, 1.54) is 12.1 Å². The molecule has 1 saturated heterocycles. The number of hydrogen-bond donors (Lipinski definition) is 2. The zero-order valence-corrected chi connectivity index (χ0v) is 14.8. The van der Waals surface area contributed by atoms with E-state index in [0.29, 0.717) is 17.4 Å². The van der Waals surface area contributed by atoms with Gasteiger partial charge in [-0.1, -0.05) is 30.3 Å². The summed E-state index contributed by atoms with van der Waals surface area (Å²) in [6, 6.07) is 14.4. The largest absolute Gasteiger partial charge is 0.342 e. The summed E-state index contributed by atoms with van der Waals surface area (Å²) in [5.41, 5.74) is 3.30. The predicted molar refractivity (Wildman–Crippen MR) is 106 cm³/mol. The highest BCUT2D eigenvalue weighted by Gasteiger charge is 2.20. The monoisotopic (exact) mass is 378 g/mol. The van der Waals surface area contributed by atoms with Crippen LogP contribution in [0.15, 0.2) is 60.4 Å². The van der Waals surface area contributed by atoms with Crippen molar-refractivity contribution in [2.45, 2.75) is 6.54 Å². The molecule has 1 aromatic heterocycles. The third kappa shape index (κ3) is 3.30. The number of non-ortho nitro benzene ring substituents is 1. The molecule has 0 bridgehead atoms. The number of nitrogens with zero attached hydrogens (tertiary/aromatic N) is 2. The summed E-state index contributed by atoms with van der Waals surface area (Å²) in [5.74, 6) is -0.257. The first-order valence-electron chi connectivity index (χ1n) is 8.16. The molecule has 3 aromatic rings. The van der Waals surface area contributed by atoms with Gasteiger partial charge >= 0.3 is 0 Å². The van der Waals surface area contributed by atoms with Crippen LogP contribution in [-0.2, 0) is 11.3 Å². The fraction of sp³-hybridized carbons (Fsp3) is 0.0526. The lowest BCUT2D eigenvalue weighted by Gasteiger charge is -2.05. The van der Waals surface area contributed by atoms with E-state index in [4.69, 9.17) is 12.2 Å². The van der Waals surface area contributed by atoms with E-state index in [-0.39, 0.29) is 11.6 Å². The summed E-state index contributed by atoms with van der Waals surface area (Å²) >= 11 is 4.97. The number of carbonyl (C=O) groups is 1. The van der Waals surface area contributed by atoms with Crippen molar-refractivity contribution in [3.05, 3.63) is 81.7 Å². The molecule has 0 spiro atoms. The van der Waals surface area contributed by atoms with Gasteiger partial charge in [0, 0.05) is 41.3 Å². The van der Waals surface area contributed by atoms with Crippen LogP contribution >= 0.6 is 12.2 Å². The van der Waals surface area contributed by atoms with Crippen molar-refractivity contribution < 1.29 is 9.72 Å². The molecular formula is C19H14N4O3S. The second kappa shape index (κ2) is 6.65. The van der Waals surface area contributed by atoms with Crippen LogP contribution in [-0.4, -0.2) is 20.5 Å². The van der Waals surface area contributed by atoms with E-state index in [2.05, 4.69) is 10.6 Å². The lowest BCUT2D eigenvalue weighted by Crippen LogP contribution is -2.21. The Kier molecular flexibility index (Phi) is 4.17. The highest BCUT2D eigenvalue weighted by Crippen LogP contribution is 2.25. The van der Waals surface area contributed by atoms with Crippen LogP contribution in [0, 0.1) is 10.1 Å². The zero-order chi connectivity index (χ0) is 19.0. The number of aromatic nitrogens is 1. The molecule has 2 aromatic carbocycles. The molecule has 0 radical (unpaired) electrons. The molecule has 0 saturated carbocycles. The Morgan fingerprint density at radius 3 is 2.52 bits per heavy atom. The predicted octanol–water partition coefficient (Wildman–Crippen LogP) is 2.94. The molecule has 0 atom stereocenters. The highest BCUT2D eigenvalue weighted by atomic mass is 32.1. The van der Waals surface area contributed by atoms with E-state index in [1.807, 2.05) is 35.0 Å². The molecule has 2 N–H and O–H groups in total. The molecule has 1 fully saturated rings. The van der Waals surface area contributed by atoms with E-state index in [0.717, 1.165) is 22.0 Å². The van der Waals surface area contributed by atoms with Crippen molar-refractivity contribution >= 4 is 45.9 Å². The highest BCUT2D eigenvalue weighted by molar-refractivity contribution is 7.80. The van der Waals surface area contributed by atoms with Crippen molar-refractivity contribution in [2.75, 3.05) is 0 Å². The van der Waals surface area contributed by atoms with Crippen LogP contribution in [0.1, 0.15) is 11.1 Å². The van der Waals surface area contributed by atoms with Gasteiger partial charge in [-0.3, -0.25) is 20.2 Å². The Morgan fingerprint density at radius 1 is 1.11 bits per heavy atom. The number of carbonyl (C=O) groups excluding carboxylic acids is 1. The molecule has 134 valence electrons. The summed E-state index contributed by atoms with van der Waals surface area (Å²) in [5, 5.41) is 17.5. The number of rotatable bonds is 4. The number of amides is 1. The van der Waals surface area contributed by atoms with Gasteiger partial charge in [-0.15, -0.1) is 0 Å². The molecule has 0 unspecified atom stereocenters. The van der Waals surface area contributed by atoms with Gasteiger partial charge in [-0.05, 0) is 29.9 Å². The second-order valence-electron chi connectivity index (χ2n) is 6.12. The Bertz CT molecular complexity index is 1120. The van der Waals surface area contributed by atoms with Crippen LogP contribution in [0.2, 0.25) is 0 Å². The zero-order valence-electron chi connectivity index (χ0n) is 14.0. The van der Waals surface area contributed by atoms with Crippen LogP contribution in [0.25, 0.3) is 17.0 Å². The van der Waals surface area contributed by atoms with E-state index in [9.17, 15) is 14.9 Å². The maximum Gasteiger partial charge on any atom is 0.273 e. The summed E-state index contributed by atoms with van der Waals surface area (Å²) in [7, 11) is 0. The smallest absolute Gasteiger partial charge is 0.273 e.